The molecule has 1 amide bonds. The summed E-state index contributed by atoms with van der Waals surface area (Å²) in [4.78, 5) is 17.2. The molecule has 0 aromatic rings. The van der Waals surface area contributed by atoms with Gasteiger partial charge in [0, 0.05) is 19.1 Å². The van der Waals surface area contributed by atoms with Crippen LogP contribution in [0.3, 0.4) is 0 Å². The first-order valence-electron chi connectivity index (χ1n) is 8.32. The van der Waals surface area contributed by atoms with E-state index < -0.39 is 0 Å². The minimum Gasteiger partial charge on any atom is -0.324 e. The normalized spacial score (nSPS) is 29.4. The average Bonchev–Trinajstić information content (AvgIpc) is 2.90. The van der Waals surface area contributed by atoms with Gasteiger partial charge in [-0.05, 0) is 52.5 Å². The van der Waals surface area contributed by atoms with Crippen molar-refractivity contribution in [3.63, 3.8) is 0 Å². The van der Waals surface area contributed by atoms with Crippen LogP contribution in [0.4, 0.5) is 0 Å². The van der Waals surface area contributed by atoms with E-state index in [0.717, 1.165) is 25.9 Å². The third-order valence-corrected chi connectivity index (χ3v) is 5.60. The van der Waals surface area contributed by atoms with E-state index in [1.54, 1.807) is 0 Å². The SMILES string of the molecule is CC(C)N(C)CCN1C(=O)C2(CC2)NC1C1CCCC1. The maximum absolute atomic E-state index is 12.7. The molecule has 1 atom stereocenters. The lowest BCUT2D eigenvalue weighted by Gasteiger charge is -2.31. The van der Waals surface area contributed by atoms with E-state index in [0.29, 0.717) is 24.0 Å². The number of carbonyl (C=O) groups is 1. The highest BCUT2D eigenvalue weighted by Gasteiger charge is 2.60. The summed E-state index contributed by atoms with van der Waals surface area (Å²) in [6.07, 6.45) is 7.66. The van der Waals surface area contributed by atoms with Crippen LogP contribution >= 0.6 is 0 Å². The van der Waals surface area contributed by atoms with Crippen LogP contribution in [0.25, 0.3) is 0 Å². The first kappa shape index (κ1) is 14.3. The summed E-state index contributed by atoms with van der Waals surface area (Å²) >= 11 is 0. The van der Waals surface area contributed by atoms with Crippen LogP contribution < -0.4 is 5.32 Å². The molecule has 4 heteroatoms. The fourth-order valence-corrected chi connectivity index (χ4v) is 3.72. The van der Waals surface area contributed by atoms with Crippen LogP contribution in [0.1, 0.15) is 52.4 Å². The maximum atomic E-state index is 12.7. The summed E-state index contributed by atoms with van der Waals surface area (Å²) < 4.78 is 0. The van der Waals surface area contributed by atoms with Gasteiger partial charge in [0.25, 0.3) is 0 Å². The smallest absolute Gasteiger partial charge is 0.244 e. The van der Waals surface area contributed by atoms with Gasteiger partial charge >= 0.3 is 0 Å². The molecule has 2 saturated carbocycles. The van der Waals surface area contributed by atoms with E-state index in [4.69, 9.17) is 0 Å². The lowest BCUT2D eigenvalue weighted by molar-refractivity contribution is -0.131. The minimum atomic E-state index is -0.149. The number of amides is 1. The summed E-state index contributed by atoms with van der Waals surface area (Å²) in [5.74, 6) is 1.06. The Hall–Kier alpha value is -0.610. The molecule has 2 aliphatic carbocycles. The number of likely N-dealkylation sites (N-methyl/N-ethyl adjacent to an activating group) is 1. The van der Waals surface area contributed by atoms with Gasteiger partial charge in [-0.3, -0.25) is 10.1 Å². The monoisotopic (exact) mass is 279 g/mol. The van der Waals surface area contributed by atoms with E-state index in [1.807, 2.05) is 0 Å². The van der Waals surface area contributed by atoms with E-state index in [2.05, 4.69) is 36.0 Å². The third kappa shape index (κ3) is 2.48. The molecule has 1 unspecified atom stereocenters. The molecule has 0 radical (unpaired) electrons. The van der Waals surface area contributed by atoms with Crippen molar-refractivity contribution in [1.29, 1.82) is 0 Å². The second-order valence-electron chi connectivity index (χ2n) is 7.29. The molecule has 3 fully saturated rings. The Balaban J connectivity index is 1.66. The van der Waals surface area contributed by atoms with E-state index in [9.17, 15) is 4.79 Å². The standard InChI is InChI=1S/C16H29N3O/c1-12(2)18(3)10-11-19-14(13-6-4-5-7-13)17-16(8-9-16)15(19)20/h12-14,17H,4-11H2,1-3H3. The number of nitrogens with one attached hydrogen (secondary N) is 1. The molecule has 1 aliphatic heterocycles. The molecule has 1 heterocycles. The quantitative estimate of drug-likeness (QED) is 0.833. The molecule has 114 valence electrons. The fraction of sp³-hybridized carbons (Fsp3) is 0.938. The molecule has 4 nitrogen and oxygen atoms in total. The van der Waals surface area contributed by atoms with Crippen LogP contribution in [0.15, 0.2) is 0 Å². The van der Waals surface area contributed by atoms with Gasteiger partial charge < -0.3 is 9.80 Å². The van der Waals surface area contributed by atoms with Gasteiger partial charge in [0.05, 0.1) is 11.7 Å². The Bertz CT molecular complexity index is 372. The zero-order valence-corrected chi connectivity index (χ0v) is 13.2. The Morgan fingerprint density at radius 3 is 2.55 bits per heavy atom. The second-order valence-corrected chi connectivity index (χ2v) is 7.29. The van der Waals surface area contributed by atoms with E-state index >= 15 is 0 Å². The highest BCUT2D eigenvalue weighted by molar-refractivity contribution is 5.91. The molecule has 1 N–H and O–H groups in total. The first-order chi connectivity index (χ1) is 9.53. The molecule has 3 aliphatic rings. The van der Waals surface area contributed by atoms with Crippen molar-refractivity contribution in [2.24, 2.45) is 5.92 Å². The summed E-state index contributed by atoms with van der Waals surface area (Å²) in [6.45, 7) is 6.27. The van der Waals surface area contributed by atoms with Gasteiger partial charge in [-0.25, -0.2) is 0 Å². The molecule has 1 saturated heterocycles. The van der Waals surface area contributed by atoms with Gasteiger partial charge in [0.15, 0.2) is 0 Å². The van der Waals surface area contributed by atoms with Crippen molar-refractivity contribution < 1.29 is 4.79 Å². The molecular formula is C16H29N3O. The topological polar surface area (TPSA) is 35.6 Å². The number of rotatable bonds is 5. The van der Waals surface area contributed by atoms with E-state index in [-0.39, 0.29) is 5.54 Å². The van der Waals surface area contributed by atoms with Gasteiger partial charge in [-0.2, -0.15) is 0 Å². The molecule has 0 bridgehead atoms. The third-order valence-electron chi connectivity index (χ3n) is 5.60. The first-order valence-corrected chi connectivity index (χ1v) is 8.32. The van der Waals surface area contributed by atoms with Crippen LogP contribution in [0.5, 0.6) is 0 Å². The molecule has 3 rings (SSSR count). The minimum absolute atomic E-state index is 0.149. The van der Waals surface area contributed by atoms with Crippen molar-refractivity contribution in [3.8, 4) is 0 Å². The summed E-state index contributed by atoms with van der Waals surface area (Å²) in [5, 5.41) is 3.69. The predicted octanol–water partition coefficient (Wildman–Crippen LogP) is 1.81. The maximum Gasteiger partial charge on any atom is 0.244 e. The average molecular weight is 279 g/mol. The summed E-state index contributed by atoms with van der Waals surface area (Å²) in [5.41, 5.74) is -0.149. The van der Waals surface area contributed by atoms with Crippen molar-refractivity contribution in [2.75, 3.05) is 20.1 Å². The second kappa shape index (κ2) is 5.30. The van der Waals surface area contributed by atoms with Crippen molar-refractivity contribution in [2.45, 2.75) is 70.1 Å². The predicted molar refractivity (Wildman–Crippen MR) is 80.3 cm³/mol. The number of hydrogen-bond acceptors (Lipinski definition) is 3. The Morgan fingerprint density at radius 2 is 2.00 bits per heavy atom. The van der Waals surface area contributed by atoms with Gasteiger partial charge in [-0.1, -0.05) is 12.8 Å². The molecule has 20 heavy (non-hydrogen) atoms. The molecular weight excluding hydrogens is 250 g/mol. The molecule has 0 aromatic carbocycles. The van der Waals surface area contributed by atoms with E-state index in [1.165, 1.54) is 25.7 Å². The van der Waals surface area contributed by atoms with Crippen molar-refractivity contribution in [1.82, 2.24) is 15.1 Å². The highest BCUT2D eigenvalue weighted by atomic mass is 16.2. The van der Waals surface area contributed by atoms with Gasteiger partial charge in [0.1, 0.15) is 0 Å². The Labute approximate surface area is 122 Å². The van der Waals surface area contributed by atoms with Crippen molar-refractivity contribution >= 4 is 5.91 Å². The van der Waals surface area contributed by atoms with Gasteiger partial charge in [0.2, 0.25) is 5.91 Å². The fourth-order valence-electron chi connectivity index (χ4n) is 3.72. The zero-order valence-electron chi connectivity index (χ0n) is 13.2. The molecule has 0 aromatic heterocycles. The van der Waals surface area contributed by atoms with Crippen LogP contribution in [-0.4, -0.2) is 53.6 Å². The number of hydrogen-bond donors (Lipinski definition) is 1. The van der Waals surface area contributed by atoms with Crippen LogP contribution in [-0.2, 0) is 4.79 Å². The summed E-state index contributed by atoms with van der Waals surface area (Å²) in [7, 11) is 2.15. The van der Waals surface area contributed by atoms with Gasteiger partial charge in [-0.15, -0.1) is 0 Å². The molecule has 1 spiro atoms. The highest BCUT2D eigenvalue weighted by Crippen LogP contribution is 2.45. The lowest BCUT2D eigenvalue weighted by Crippen LogP contribution is -2.46. The summed E-state index contributed by atoms with van der Waals surface area (Å²) in [6, 6.07) is 0.542. The van der Waals surface area contributed by atoms with Crippen LogP contribution in [0, 0.1) is 5.92 Å². The Morgan fingerprint density at radius 1 is 1.35 bits per heavy atom. The number of carbonyl (C=O) groups excluding carboxylic acids is 1. The van der Waals surface area contributed by atoms with Crippen molar-refractivity contribution in [3.05, 3.63) is 0 Å². The largest absolute Gasteiger partial charge is 0.324 e. The van der Waals surface area contributed by atoms with Crippen LogP contribution in [0.2, 0.25) is 0 Å². The zero-order chi connectivity index (χ0) is 14.3. The number of nitrogens with zero attached hydrogens (tertiary/aromatic N) is 2. The lowest BCUT2D eigenvalue weighted by atomic mass is 10.0. The Kier molecular flexibility index (Phi) is 3.80.